The highest BCUT2D eigenvalue weighted by Gasteiger charge is 2.31. The summed E-state index contributed by atoms with van der Waals surface area (Å²) in [5, 5.41) is 7.15. The summed E-state index contributed by atoms with van der Waals surface area (Å²) in [4.78, 5) is 0. The fourth-order valence-corrected chi connectivity index (χ4v) is 2.02. The molecule has 0 saturated heterocycles. The second-order valence-electron chi connectivity index (χ2n) is 4.16. The third kappa shape index (κ3) is 2.96. The normalized spacial score (nSPS) is 18.9. The van der Waals surface area contributed by atoms with Gasteiger partial charge in [0.1, 0.15) is 6.42 Å². The van der Waals surface area contributed by atoms with Gasteiger partial charge in [0.2, 0.25) is 11.8 Å². The highest BCUT2D eigenvalue weighted by atomic mass is 19.4. The number of hydrogen-bond donors (Lipinski definition) is 0. The van der Waals surface area contributed by atoms with Gasteiger partial charge in [0, 0.05) is 5.92 Å². The summed E-state index contributed by atoms with van der Waals surface area (Å²) >= 11 is 0. The Balaban J connectivity index is 2.01. The van der Waals surface area contributed by atoms with E-state index in [1.54, 1.807) is 0 Å². The molecule has 1 aliphatic rings. The van der Waals surface area contributed by atoms with E-state index in [0.717, 1.165) is 25.7 Å². The van der Waals surface area contributed by atoms with Crippen molar-refractivity contribution < 1.29 is 17.6 Å². The molecule has 0 spiro atoms. The average molecular weight is 234 g/mol. The van der Waals surface area contributed by atoms with Crippen molar-refractivity contribution in [3.63, 3.8) is 0 Å². The predicted octanol–water partition coefficient (Wildman–Crippen LogP) is 3.22. The van der Waals surface area contributed by atoms with E-state index in [-0.39, 0.29) is 11.8 Å². The van der Waals surface area contributed by atoms with Gasteiger partial charge in [0.05, 0.1) is 0 Å². The Morgan fingerprint density at radius 2 is 1.81 bits per heavy atom. The Bertz CT molecular complexity index is 342. The summed E-state index contributed by atoms with van der Waals surface area (Å²) in [6.07, 6.45) is -0.187. The van der Waals surface area contributed by atoms with Crippen LogP contribution in [-0.2, 0) is 6.42 Å². The van der Waals surface area contributed by atoms with E-state index in [0.29, 0.717) is 5.89 Å². The maximum atomic E-state index is 12.1. The predicted molar refractivity (Wildman–Crippen MR) is 49.9 cm³/mol. The molecule has 3 nitrogen and oxygen atoms in total. The second kappa shape index (κ2) is 4.43. The van der Waals surface area contributed by atoms with Crippen molar-refractivity contribution in [2.45, 2.75) is 50.6 Å². The molecule has 2 rings (SSSR count). The lowest BCUT2D eigenvalue weighted by Gasteiger charge is -2.17. The van der Waals surface area contributed by atoms with Crippen LogP contribution in [0.25, 0.3) is 0 Å². The zero-order chi connectivity index (χ0) is 11.6. The monoisotopic (exact) mass is 234 g/mol. The summed E-state index contributed by atoms with van der Waals surface area (Å²) in [7, 11) is 0. The Hall–Kier alpha value is -1.07. The standard InChI is InChI=1S/C10H13F3N2O/c11-10(12,13)6-8-14-15-9(16-8)7-4-2-1-3-5-7/h7H,1-6H2. The van der Waals surface area contributed by atoms with E-state index in [1.807, 2.05) is 0 Å². The summed E-state index contributed by atoms with van der Waals surface area (Å²) in [5.74, 6) is 0.204. The van der Waals surface area contributed by atoms with Crippen LogP contribution in [0.1, 0.15) is 49.8 Å². The smallest absolute Gasteiger partial charge is 0.397 e. The zero-order valence-electron chi connectivity index (χ0n) is 8.76. The van der Waals surface area contributed by atoms with Crippen LogP contribution in [0.2, 0.25) is 0 Å². The van der Waals surface area contributed by atoms with E-state index >= 15 is 0 Å². The molecule has 0 aromatic carbocycles. The van der Waals surface area contributed by atoms with Crippen LogP contribution in [0.5, 0.6) is 0 Å². The van der Waals surface area contributed by atoms with Crippen molar-refractivity contribution in [1.29, 1.82) is 0 Å². The first-order valence-electron chi connectivity index (χ1n) is 5.43. The van der Waals surface area contributed by atoms with Crippen LogP contribution in [0.4, 0.5) is 13.2 Å². The van der Waals surface area contributed by atoms with Gasteiger partial charge < -0.3 is 4.42 Å². The molecular weight excluding hydrogens is 221 g/mol. The molecule has 16 heavy (non-hydrogen) atoms. The molecule has 1 aliphatic carbocycles. The van der Waals surface area contributed by atoms with Crippen LogP contribution < -0.4 is 0 Å². The minimum atomic E-state index is -4.28. The average Bonchev–Trinajstić information content (AvgIpc) is 2.65. The fraction of sp³-hybridized carbons (Fsp3) is 0.800. The topological polar surface area (TPSA) is 38.9 Å². The highest BCUT2D eigenvalue weighted by molar-refractivity contribution is 4.93. The molecule has 0 amide bonds. The van der Waals surface area contributed by atoms with E-state index in [4.69, 9.17) is 4.42 Å². The molecule has 90 valence electrons. The van der Waals surface area contributed by atoms with Crippen molar-refractivity contribution in [2.75, 3.05) is 0 Å². The lowest BCUT2D eigenvalue weighted by Crippen LogP contribution is -2.11. The molecule has 0 atom stereocenters. The maximum absolute atomic E-state index is 12.1. The van der Waals surface area contributed by atoms with E-state index in [1.165, 1.54) is 6.42 Å². The largest absolute Gasteiger partial charge is 0.425 e. The SMILES string of the molecule is FC(F)(F)Cc1nnc(C2CCCCC2)o1. The van der Waals surface area contributed by atoms with Gasteiger partial charge in [0.15, 0.2) is 0 Å². The van der Waals surface area contributed by atoms with Gasteiger partial charge in [-0.05, 0) is 12.8 Å². The van der Waals surface area contributed by atoms with E-state index < -0.39 is 12.6 Å². The lowest BCUT2D eigenvalue weighted by molar-refractivity contribution is -0.131. The molecule has 1 aromatic heterocycles. The van der Waals surface area contributed by atoms with Gasteiger partial charge in [-0.15, -0.1) is 10.2 Å². The first-order chi connectivity index (χ1) is 7.54. The van der Waals surface area contributed by atoms with Gasteiger partial charge in [-0.3, -0.25) is 0 Å². The number of alkyl halides is 3. The van der Waals surface area contributed by atoms with Crippen LogP contribution >= 0.6 is 0 Å². The summed E-state index contributed by atoms with van der Waals surface area (Å²) in [6, 6.07) is 0. The molecule has 1 saturated carbocycles. The number of aromatic nitrogens is 2. The molecular formula is C10H13F3N2O. The molecule has 0 unspecified atom stereocenters. The molecule has 1 aromatic rings. The number of nitrogens with zero attached hydrogens (tertiary/aromatic N) is 2. The third-order valence-corrected chi connectivity index (χ3v) is 2.79. The van der Waals surface area contributed by atoms with Crippen LogP contribution in [0.3, 0.4) is 0 Å². The molecule has 1 heterocycles. The Morgan fingerprint density at radius 3 is 2.44 bits per heavy atom. The Morgan fingerprint density at radius 1 is 1.12 bits per heavy atom. The summed E-state index contributed by atoms with van der Waals surface area (Å²) in [6.45, 7) is 0. The summed E-state index contributed by atoms with van der Waals surface area (Å²) < 4.78 is 41.3. The lowest BCUT2D eigenvalue weighted by atomic mass is 9.89. The molecule has 0 aliphatic heterocycles. The van der Waals surface area contributed by atoms with Crippen molar-refractivity contribution in [3.8, 4) is 0 Å². The third-order valence-electron chi connectivity index (χ3n) is 2.79. The minimum absolute atomic E-state index is 0.156. The summed E-state index contributed by atoms with van der Waals surface area (Å²) in [5.41, 5.74) is 0. The van der Waals surface area contributed by atoms with Gasteiger partial charge in [0.25, 0.3) is 0 Å². The first kappa shape index (κ1) is 11.4. The molecule has 0 radical (unpaired) electrons. The van der Waals surface area contributed by atoms with E-state index in [9.17, 15) is 13.2 Å². The number of hydrogen-bond acceptors (Lipinski definition) is 3. The minimum Gasteiger partial charge on any atom is -0.425 e. The Kier molecular flexibility index (Phi) is 3.16. The van der Waals surface area contributed by atoms with Crippen molar-refractivity contribution in [1.82, 2.24) is 10.2 Å². The number of halogens is 3. The van der Waals surface area contributed by atoms with Gasteiger partial charge in [-0.1, -0.05) is 19.3 Å². The maximum Gasteiger partial charge on any atom is 0.397 e. The van der Waals surface area contributed by atoms with Crippen molar-refractivity contribution in [3.05, 3.63) is 11.8 Å². The van der Waals surface area contributed by atoms with Crippen LogP contribution in [0.15, 0.2) is 4.42 Å². The Labute approximate surface area is 91.0 Å². The highest BCUT2D eigenvalue weighted by Crippen LogP contribution is 2.32. The molecule has 0 bridgehead atoms. The van der Waals surface area contributed by atoms with Gasteiger partial charge in [-0.25, -0.2) is 0 Å². The number of rotatable bonds is 2. The fourth-order valence-electron chi connectivity index (χ4n) is 2.02. The second-order valence-corrected chi connectivity index (χ2v) is 4.16. The zero-order valence-corrected chi connectivity index (χ0v) is 8.76. The van der Waals surface area contributed by atoms with E-state index in [2.05, 4.69) is 10.2 Å². The van der Waals surface area contributed by atoms with Gasteiger partial charge in [-0.2, -0.15) is 13.2 Å². The first-order valence-corrected chi connectivity index (χ1v) is 5.43. The molecule has 0 N–H and O–H groups in total. The van der Waals surface area contributed by atoms with Crippen LogP contribution in [-0.4, -0.2) is 16.4 Å². The van der Waals surface area contributed by atoms with Crippen LogP contribution in [0, 0.1) is 0 Å². The van der Waals surface area contributed by atoms with Gasteiger partial charge >= 0.3 is 6.18 Å². The molecule has 6 heteroatoms. The molecule has 1 fully saturated rings. The van der Waals surface area contributed by atoms with Crippen molar-refractivity contribution in [2.24, 2.45) is 0 Å². The quantitative estimate of drug-likeness (QED) is 0.788. The van der Waals surface area contributed by atoms with Crippen molar-refractivity contribution >= 4 is 0 Å².